The van der Waals surface area contributed by atoms with Gasteiger partial charge in [0.15, 0.2) is 0 Å². The summed E-state index contributed by atoms with van der Waals surface area (Å²) in [5.41, 5.74) is 0. The first-order valence-corrected chi connectivity index (χ1v) is 9.42. The molecule has 0 aromatic carbocycles. The Morgan fingerprint density at radius 1 is 0.667 bits per heavy atom. The zero-order chi connectivity index (χ0) is 15.6. The Labute approximate surface area is 132 Å². The van der Waals surface area contributed by atoms with Crippen LogP contribution in [0.3, 0.4) is 0 Å². The summed E-state index contributed by atoms with van der Waals surface area (Å²) in [5, 5.41) is 0. The maximum absolute atomic E-state index is 10.4. The average molecular weight is 296 g/mol. The van der Waals surface area contributed by atoms with Crippen LogP contribution in [0.1, 0.15) is 110 Å². The number of rotatable bonds is 16. The van der Waals surface area contributed by atoms with Crippen LogP contribution in [0.2, 0.25) is 0 Å². The zero-order valence-electron chi connectivity index (χ0n) is 14.5. The lowest BCUT2D eigenvalue weighted by molar-refractivity contribution is 0.483. The van der Waals surface area contributed by atoms with E-state index < -0.39 is 0 Å². The molecule has 21 heavy (non-hydrogen) atoms. The van der Waals surface area contributed by atoms with Gasteiger partial charge in [-0.2, -0.15) is 0 Å². The standard InChI is InChI=1S/C19H37NO/c1-3-5-7-8-9-10-11-12-13-15-17-19(20-18-21)16-14-6-4-2/h19H,3-17H2,1-2H3. The number of hydrogen-bond donors (Lipinski definition) is 0. The molecule has 1 unspecified atom stereocenters. The number of nitrogens with zero attached hydrogens (tertiary/aromatic N) is 1. The second-order valence-electron chi connectivity index (χ2n) is 6.34. The second-order valence-corrected chi connectivity index (χ2v) is 6.34. The van der Waals surface area contributed by atoms with E-state index in [2.05, 4.69) is 18.8 Å². The van der Waals surface area contributed by atoms with E-state index in [0.29, 0.717) is 0 Å². The van der Waals surface area contributed by atoms with E-state index in [1.54, 1.807) is 6.08 Å². The van der Waals surface area contributed by atoms with Crippen molar-refractivity contribution in [3.05, 3.63) is 0 Å². The Kier molecular flexibility index (Phi) is 16.9. The van der Waals surface area contributed by atoms with Crippen molar-refractivity contribution in [3.63, 3.8) is 0 Å². The Hall–Kier alpha value is -0.620. The van der Waals surface area contributed by atoms with Crippen LogP contribution in [0, 0.1) is 0 Å². The molecule has 0 amide bonds. The molecule has 2 heteroatoms. The summed E-state index contributed by atoms with van der Waals surface area (Å²) in [6.45, 7) is 4.48. The molecule has 0 aliphatic heterocycles. The van der Waals surface area contributed by atoms with E-state index in [9.17, 15) is 4.79 Å². The van der Waals surface area contributed by atoms with Crippen molar-refractivity contribution in [2.75, 3.05) is 0 Å². The third-order valence-electron chi connectivity index (χ3n) is 4.27. The van der Waals surface area contributed by atoms with Gasteiger partial charge < -0.3 is 0 Å². The first-order chi connectivity index (χ1) is 10.3. The minimum absolute atomic E-state index is 0.239. The summed E-state index contributed by atoms with van der Waals surface area (Å²) in [5.74, 6) is 0. The molecule has 0 spiro atoms. The van der Waals surface area contributed by atoms with Crippen molar-refractivity contribution in [2.24, 2.45) is 4.99 Å². The molecule has 0 aliphatic rings. The molecule has 0 radical (unpaired) electrons. The first kappa shape index (κ1) is 20.4. The molecule has 0 aliphatic carbocycles. The van der Waals surface area contributed by atoms with E-state index in [0.717, 1.165) is 12.8 Å². The van der Waals surface area contributed by atoms with Crippen LogP contribution in [0.25, 0.3) is 0 Å². The Bertz CT molecular complexity index is 246. The quantitative estimate of drug-likeness (QED) is 0.179. The van der Waals surface area contributed by atoms with E-state index >= 15 is 0 Å². The lowest BCUT2D eigenvalue weighted by Gasteiger charge is -2.10. The summed E-state index contributed by atoms with van der Waals surface area (Å²) in [6, 6.07) is 0.239. The van der Waals surface area contributed by atoms with Crippen molar-refractivity contribution in [1.29, 1.82) is 0 Å². The molecule has 0 N–H and O–H groups in total. The highest BCUT2D eigenvalue weighted by molar-refractivity contribution is 5.33. The van der Waals surface area contributed by atoms with Crippen molar-refractivity contribution in [2.45, 2.75) is 116 Å². The monoisotopic (exact) mass is 295 g/mol. The van der Waals surface area contributed by atoms with Gasteiger partial charge in [-0.3, -0.25) is 0 Å². The van der Waals surface area contributed by atoms with Crippen LogP contribution in [0.5, 0.6) is 0 Å². The van der Waals surface area contributed by atoms with Gasteiger partial charge in [0, 0.05) is 0 Å². The van der Waals surface area contributed by atoms with Gasteiger partial charge in [-0.1, -0.05) is 97.3 Å². The van der Waals surface area contributed by atoms with Gasteiger partial charge in [0.1, 0.15) is 0 Å². The van der Waals surface area contributed by atoms with Crippen LogP contribution in [-0.4, -0.2) is 12.1 Å². The number of carbonyl (C=O) groups excluding carboxylic acids is 1. The maximum Gasteiger partial charge on any atom is 0.235 e. The van der Waals surface area contributed by atoms with Crippen LogP contribution in [0.4, 0.5) is 0 Å². The molecule has 124 valence electrons. The Balaban J connectivity index is 3.38. The normalized spacial score (nSPS) is 12.1. The molecule has 0 bridgehead atoms. The summed E-state index contributed by atoms with van der Waals surface area (Å²) in [4.78, 5) is 14.4. The Morgan fingerprint density at radius 3 is 1.52 bits per heavy atom. The van der Waals surface area contributed by atoms with Gasteiger partial charge in [-0.25, -0.2) is 9.79 Å². The van der Waals surface area contributed by atoms with E-state index in [4.69, 9.17) is 0 Å². The fraction of sp³-hybridized carbons (Fsp3) is 0.947. The SMILES string of the molecule is CCCCCCCCCCCCC(CCCCC)N=C=O. The third-order valence-corrected chi connectivity index (χ3v) is 4.27. The molecule has 0 heterocycles. The number of unbranched alkanes of at least 4 members (excludes halogenated alkanes) is 11. The summed E-state index contributed by atoms with van der Waals surface area (Å²) >= 11 is 0. The lowest BCUT2D eigenvalue weighted by Crippen LogP contribution is -2.04. The molecular formula is C19H37NO. The van der Waals surface area contributed by atoms with Crippen LogP contribution >= 0.6 is 0 Å². The smallest absolute Gasteiger partial charge is 0.211 e. The molecule has 1 atom stereocenters. The average Bonchev–Trinajstić information content (AvgIpc) is 2.49. The highest BCUT2D eigenvalue weighted by Gasteiger charge is 2.06. The minimum Gasteiger partial charge on any atom is -0.211 e. The molecule has 0 rings (SSSR count). The molecular weight excluding hydrogens is 258 g/mol. The predicted octanol–water partition coefficient (Wildman–Crippen LogP) is 6.58. The summed E-state index contributed by atoms with van der Waals surface area (Å²) in [6.07, 6.45) is 21.2. The van der Waals surface area contributed by atoms with Gasteiger partial charge in [-0.05, 0) is 12.8 Å². The van der Waals surface area contributed by atoms with Gasteiger partial charge >= 0.3 is 0 Å². The highest BCUT2D eigenvalue weighted by atomic mass is 16.1. The first-order valence-electron chi connectivity index (χ1n) is 9.42. The minimum atomic E-state index is 0.239. The summed E-state index contributed by atoms with van der Waals surface area (Å²) < 4.78 is 0. The molecule has 0 aromatic rings. The van der Waals surface area contributed by atoms with Crippen LogP contribution < -0.4 is 0 Å². The maximum atomic E-state index is 10.4. The largest absolute Gasteiger partial charge is 0.235 e. The highest BCUT2D eigenvalue weighted by Crippen LogP contribution is 2.15. The number of isocyanates is 1. The fourth-order valence-corrected chi connectivity index (χ4v) is 2.85. The zero-order valence-corrected chi connectivity index (χ0v) is 14.5. The van der Waals surface area contributed by atoms with E-state index in [1.165, 1.54) is 83.5 Å². The van der Waals surface area contributed by atoms with Crippen LogP contribution in [-0.2, 0) is 4.79 Å². The predicted molar refractivity (Wildman–Crippen MR) is 92.5 cm³/mol. The van der Waals surface area contributed by atoms with E-state index in [-0.39, 0.29) is 6.04 Å². The van der Waals surface area contributed by atoms with Crippen molar-refractivity contribution in [1.82, 2.24) is 0 Å². The van der Waals surface area contributed by atoms with Gasteiger partial charge in [0.25, 0.3) is 0 Å². The van der Waals surface area contributed by atoms with Crippen molar-refractivity contribution < 1.29 is 4.79 Å². The Morgan fingerprint density at radius 2 is 1.05 bits per heavy atom. The lowest BCUT2D eigenvalue weighted by atomic mass is 10.0. The molecule has 0 saturated heterocycles. The van der Waals surface area contributed by atoms with Crippen molar-refractivity contribution >= 4 is 6.08 Å². The van der Waals surface area contributed by atoms with Gasteiger partial charge in [0.05, 0.1) is 6.04 Å². The third kappa shape index (κ3) is 15.6. The van der Waals surface area contributed by atoms with Gasteiger partial charge in [-0.15, -0.1) is 0 Å². The fourth-order valence-electron chi connectivity index (χ4n) is 2.85. The second kappa shape index (κ2) is 17.4. The van der Waals surface area contributed by atoms with E-state index in [1.807, 2.05) is 0 Å². The molecule has 0 saturated carbocycles. The van der Waals surface area contributed by atoms with Crippen molar-refractivity contribution in [3.8, 4) is 0 Å². The number of aliphatic imine (C=N–C) groups is 1. The topological polar surface area (TPSA) is 29.4 Å². The summed E-state index contributed by atoms with van der Waals surface area (Å²) in [7, 11) is 0. The molecule has 2 nitrogen and oxygen atoms in total. The number of hydrogen-bond acceptors (Lipinski definition) is 2. The van der Waals surface area contributed by atoms with Gasteiger partial charge in [0.2, 0.25) is 6.08 Å². The molecule has 0 fully saturated rings. The molecule has 0 aromatic heterocycles. The van der Waals surface area contributed by atoms with Crippen LogP contribution in [0.15, 0.2) is 4.99 Å².